The van der Waals surface area contributed by atoms with E-state index in [2.05, 4.69) is 0 Å². The molecule has 0 radical (unpaired) electrons. The van der Waals surface area contributed by atoms with Crippen molar-refractivity contribution in [3.8, 4) is 0 Å². The van der Waals surface area contributed by atoms with E-state index in [1.165, 1.54) is 16.7 Å². The molecule has 6 heteroatoms. The van der Waals surface area contributed by atoms with E-state index in [0.717, 1.165) is 32.9 Å². The van der Waals surface area contributed by atoms with Gasteiger partial charge in [0.05, 0.1) is 11.4 Å². The van der Waals surface area contributed by atoms with Gasteiger partial charge in [-0.3, -0.25) is 14.5 Å². The Morgan fingerprint density at radius 3 is 2.54 bits per heavy atom. The summed E-state index contributed by atoms with van der Waals surface area (Å²) in [7, 11) is 0. The van der Waals surface area contributed by atoms with Crippen molar-refractivity contribution in [2.45, 2.75) is 23.5 Å². The van der Waals surface area contributed by atoms with Gasteiger partial charge in [-0.25, -0.2) is 0 Å². The molecule has 3 aromatic rings. The van der Waals surface area contributed by atoms with Crippen molar-refractivity contribution in [3.05, 3.63) is 88.5 Å². The highest BCUT2D eigenvalue weighted by Crippen LogP contribution is 2.35. The summed E-state index contributed by atoms with van der Waals surface area (Å²) in [6.45, 7) is 2.25. The third-order valence-corrected chi connectivity index (χ3v) is 6.14. The summed E-state index contributed by atoms with van der Waals surface area (Å²) in [5.41, 5.74) is 2.02. The van der Waals surface area contributed by atoms with Crippen molar-refractivity contribution in [1.82, 2.24) is 4.90 Å². The highest BCUT2D eigenvalue weighted by atomic mass is 32.2. The zero-order valence-corrected chi connectivity index (χ0v) is 16.8. The Labute approximate surface area is 171 Å². The van der Waals surface area contributed by atoms with E-state index in [1.54, 1.807) is 12.1 Å². The van der Waals surface area contributed by atoms with Crippen LogP contribution in [0, 0.1) is 6.92 Å². The van der Waals surface area contributed by atoms with Crippen molar-refractivity contribution in [2.75, 3.05) is 0 Å². The summed E-state index contributed by atoms with van der Waals surface area (Å²) >= 11 is 2.45. The van der Waals surface area contributed by atoms with Crippen molar-refractivity contribution in [2.24, 2.45) is 0 Å². The second-order valence-electron chi connectivity index (χ2n) is 6.27. The third kappa shape index (κ3) is 4.08. The molecule has 2 aromatic carbocycles. The first kappa shape index (κ1) is 18.7. The summed E-state index contributed by atoms with van der Waals surface area (Å²) in [6.07, 6.45) is 1.64. The molecule has 0 aliphatic carbocycles. The van der Waals surface area contributed by atoms with E-state index in [1.807, 2.05) is 67.6 Å². The Balaban J connectivity index is 1.49. The number of thioether (sulfide) groups is 1. The third-order valence-electron chi connectivity index (χ3n) is 4.30. The number of furan rings is 1. The lowest BCUT2D eigenvalue weighted by atomic mass is 10.1. The predicted molar refractivity (Wildman–Crippen MR) is 112 cm³/mol. The number of aryl methyl sites for hydroxylation is 1. The number of nitrogens with zero attached hydrogens (tertiary/aromatic N) is 1. The van der Waals surface area contributed by atoms with Gasteiger partial charge in [-0.15, -0.1) is 0 Å². The van der Waals surface area contributed by atoms with Crippen LogP contribution in [-0.4, -0.2) is 16.0 Å². The van der Waals surface area contributed by atoms with Crippen molar-refractivity contribution in [3.63, 3.8) is 0 Å². The van der Waals surface area contributed by atoms with E-state index in [9.17, 15) is 9.59 Å². The van der Waals surface area contributed by atoms with E-state index in [4.69, 9.17) is 4.42 Å². The SMILES string of the molecule is Cc1ccccc1CN1C(=O)S/C(=C\c2ccc(Sc3ccccc3)o2)C1=O. The summed E-state index contributed by atoms with van der Waals surface area (Å²) < 4.78 is 5.80. The van der Waals surface area contributed by atoms with E-state index in [-0.39, 0.29) is 17.7 Å². The fourth-order valence-electron chi connectivity index (χ4n) is 2.79. The van der Waals surface area contributed by atoms with Gasteiger partial charge in [0.15, 0.2) is 5.09 Å². The summed E-state index contributed by atoms with van der Waals surface area (Å²) in [5, 5.41) is 0.474. The van der Waals surface area contributed by atoms with Gasteiger partial charge in [0.1, 0.15) is 5.76 Å². The molecule has 1 aliphatic heterocycles. The number of carbonyl (C=O) groups is 2. The molecule has 4 rings (SSSR count). The lowest BCUT2D eigenvalue weighted by Crippen LogP contribution is -2.27. The first-order valence-corrected chi connectivity index (χ1v) is 10.4. The molecule has 0 atom stereocenters. The molecule has 140 valence electrons. The Hall–Kier alpha value is -2.70. The normalized spacial score (nSPS) is 15.6. The minimum atomic E-state index is -0.285. The molecule has 0 unspecified atom stereocenters. The van der Waals surface area contributed by atoms with Gasteiger partial charge in [-0.1, -0.05) is 54.2 Å². The maximum Gasteiger partial charge on any atom is 0.293 e. The standard InChI is InChI=1S/C22H17NO3S2/c1-15-7-5-6-8-16(15)14-23-21(24)19(28-22(23)25)13-17-11-12-20(26-17)27-18-9-3-2-4-10-18/h2-13H,14H2,1H3/b19-13-. The van der Waals surface area contributed by atoms with Crippen LogP contribution < -0.4 is 0 Å². The van der Waals surface area contributed by atoms with Gasteiger partial charge in [-0.05, 0) is 54.1 Å². The lowest BCUT2D eigenvalue weighted by Gasteiger charge is -2.14. The minimum Gasteiger partial charge on any atom is -0.450 e. The van der Waals surface area contributed by atoms with Gasteiger partial charge in [0.2, 0.25) is 0 Å². The van der Waals surface area contributed by atoms with Crippen LogP contribution in [0.3, 0.4) is 0 Å². The number of benzene rings is 2. The zero-order chi connectivity index (χ0) is 19.5. The van der Waals surface area contributed by atoms with Crippen molar-refractivity contribution < 1.29 is 14.0 Å². The van der Waals surface area contributed by atoms with Crippen LogP contribution in [0.4, 0.5) is 4.79 Å². The maximum atomic E-state index is 12.7. The molecule has 1 aromatic heterocycles. The summed E-state index contributed by atoms with van der Waals surface area (Å²) in [6, 6.07) is 21.3. The van der Waals surface area contributed by atoms with E-state index in [0.29, 0.717) is 10.7 Å². The Morgan fingerprint density at radius 2 is 1.75 bits per heavy atom. The largest absolute Gasteiger partial charge is 0.450 e. The first-order valence-electron chi connectivity index (χ1n) is 8.73. The van der Waals surface area contributed by atoms with Crippen LogP contribution in [0.15, 0.2) is 86.0 Å². The number of imide groups is 1. The van der Waals surface area contributed by atoms with Gasteiger partial charge in [0.25, 0.3) is 11.1 Å². The average Bonchev–Trinajstić information content (AvgIpc) is 3.23. The van der Waals surface area contributed by atoms with Crippen LogP contribution in [0.2, 0.25) is 0 Å². The second-order valence-corrected chi connectivity index (χ2v) is 8.34. The van der Waals surface area contributed by atoms with Crippen LogP contribution in [0.5, 0.6) is 0 Å². The summed E-state index contributed by atoms with van der Waals surface area (Å²) in [4.78, 5) is 27.8. The number of rotatable bonds is 5. The Morgan fingerprint density at radius 1 is 1.00 bits per heavy atom. The van der Waals surface area contributed by atoms with E-state index < -0.39 is 0 Å². The molecule has 2 amide bonds. The molecule has 4 nitrogen and oxygen atoms in total. The molecule has 1 fully saturated rings. The fourth-order valence-corrected chi connectivity index (χ4v) is 4.41. The Bertz CT molecular complexity index is 1060. The van der Waals surface area contributed by atoms with Crippen LogP contribution in [0.1, 0.15) is 16.9 Å². The molecule has 0 N–H and O–H groups in total. The van der Waals surface area contributed by atoms with Gasteiger partial charge >= 0.3 is 0 Å². The number of carbonyl (C=O) groups excluding carboxylic acids is 2. The molecule has 28 heavy (non-hydrogen) atoms. The van der Waals surface area contributed by atoms with E-state index >= 15 is 0 Å². The van der Waals surface area contributed by atoms with Crippen molar-refractivity contribution in [1.29, 1.82) is 0 Å². The van der Waals surface area contributed by atoms with Gasteiger partial charge < -0.3 is 4.42 Å². The minimum absolute atomic E-state index is 0.259. The molecular formula is C22H17NO3S2. The average molecular weight is 408 g/mol. The topological polar surface area (TPSA) is 50.5 Å². The molecule has 2 heterocycles. The summed E-state index contributed by atoms with van der Waals surface area (Å²) in [5.74, 6) is 0.270. The fraction of sp³-hybridized carbons (Fsp3) is 0.0909. The number of hydrogen-bond donors (Lipinski definition) is 0. The molecule has 1 saturated heterocycles. The van der Waals surface area contributed by atoms with Gasteiger partial charge in [-0.2, -0.15) is 0 Å². The predicted octanol–water partition coefficient (Wildman–Crippen LogP) is 5.98. The highest BCUT2D eigenvalue weighted by molar-refractivity contribution is 8.18. The first-order chi connectivity index (χ1) is 13.6. The van der Waals surface area contributed by atoms with Gasteiger partial charge in [0, 0.05) is 11.0 Å². The lowest BCUT2D eigenvalue weighted by molar-refractivity contribution is -0.123. The monoisotopic (exact) mass is 407 g/mol. The Kier molecular flexibility index (Phi) is 5.41. The highest BCUT2D eigenvalue weighted by Gasteiger charge is 2.35. The smallest absolute Gasteiger partial charge is 0.293 e. The quantitative estimate of drug-likeness (QED) is 0.487. The second kappa shape index (κ2) is 8.12. The van der Waals surface area contributed by atoms with Crippen LogP contribution >= 0.6 is 23.5 Å². The van der Waals surface area contributed by atoms with Crippen molar-refractivity contribution >= 4 is 40.7 Å². The zero-order valence-electron chi connectivity index (χ0n) is 15.1. The number of hydrogen-bond acceptors (Lipinski definition) is 5. The maximum absolute atomic E-state index is 12.7. The molecule has 0 saturated carbocycles. The van der Waals surface area contributed by atoms with Crippen LogP contribution in [0.25, 0.3) is 6.08 Å². The molecule has 0 bridgehead atoms. The number of amides is 2. The molecule has 0 spiro atoms. The molecular weight excluding hydrogens is 390 g/mol. The molecule has 1 aliphatic rings. The van der Waals surface area contributed by atoms with Crippen LogP contribution in [-0.2, 0) is 11.3 Å².